The van der Waals surface area contributed by atoms with Gasteiger partial charge in [0.25, 0.3) is 0 Å². The van der Waals surface area contributed by atoms with Gasteiger partial charge in [-0.25, -0.2) is 0 Å². The highest BCUT2D eigenvalue weighted by Gasteiger charge is 2.03. The zero-order chi connectivity index (χ0) is 13.0. The molecule has 2 aromatic rings. The maximum atomic E-state index is 6.06. The fraction of sp³-hybridized carbons (Fsp3) is 0.200. The Hall–Kier alpha value is -1.67. The molecule has 0 saturated carbocycles. The van der Waals surface area contributed by atoms with E-state index < -0.39 is 0 Å². The summed E-state index contributed by atoms with van der Waals surface area (Å²) in [5, 5.41) is 0.640. The number of para-hydroxylation sites is 1. The van der Waals surface area contributed by atoms with Crippen LogP contribution in [0.25, 0.3) is 0 Å². The molecule has 0 aliphatic heterocycles. The summed E-state index contributed by atoms with van der Waals surface area (Å²) >= 11 is 6.06. The Morgan fingerprint density at radius 2 is 1.94 bits per heavy atom. The molecule has 0 heterocycles. The fourth-order valence-corrected chi connectivity index (χ4v) is 1.93. The van der Waals surface area contributed by atoms with Crippen molar-refractivity contribution in [2.45, 2.75) is 13.3 Å². The first-order chi connectivity index (χ1) is 8.66. The maximum Gasteiger partial charge on any atom is 0.138 e. The second-order valence-corrected chi connectivity index (χ2v) is 4.64. The number of anilines is 1. The molecule has 0 fully saturated rings. The largest absolute Gasteiger partial charge is 0.492 e. The summed E-state index contributed by atoms with van der Waals surface area (Å²) in [4.78, 5) is 0. The number of benzene rings is 2. The molecule has 2 rings (SSSR count). The van der Waals surface area contributed by atoms with Crippen LogP contribution in [0.15, 0.2) is 42.5 Å². The average Bonchev–Trinajstić information content (AvgIpc) is 2.36. The van der Waals surface area contributed by atoms with Gasteiger partial charge in [-0.05, 0) is 36.2 Å². The van der Waals surface area contributed by atoms with Crippen molar-refractivity contribution in [1.29, 1.82) is 0 Å². The molecule has 0 aromatic heterocycles. The van der Waals surface area contributed by atoms with Gasteiger partial charge in [-0.2, -0.15) is 0 Å². The van der Waals surface area contributed by atoms with E-state index in [2.05, 4.69) is 0 Å². The first-order valence-corrected chi connectivity index (χ1v) is 6.27. The molecule has 18 heavy (non-hydrogen) atoms. The van der Waals surface area contributed by atoms with Gasteiger partial charge in [-0.1, -0.05) is 35.9 Å². The SMILES string of the molecule is Cc1ccc(Cl)c(OCCc2ccccc2N)c1. The van der Waals surface area contributed by atoms with E-state index in [0.29, 0.717) is 11.6 Å². The van der Waals surface area contributed by atoms with Crippen molar-refractivity contribution in [2.75, 3.05) is 12.3 Å². The van der Waals surface area contributed by atoms with Crippen LogP contribution in [0.1, 0.15) is 11.1 Å². The summed E-state index contributed by atoms with van der Waals surface area (Å²) in [7, 11) is 0. The molecular formula is C15H16ClNO. The Balaban J connectivity index is 1.96. The molecule has 0 bridgehead atoms. The van der Waals surface area contributed by atoms with Crippen molar-refractivity contribution < 1.29 is 4.74 Å². The molecule has 2 nitrogen and oxygen atoms in total. The van der Waals surface area contributed by atoms with Gasteiger partial charge in [-0.15, -0.1) is 0 Å². The average molecular weight is 262 g/mol. The first kappa shape index (κ1) is 12.8. The van der Waals surface area contributed by atoms with Gasteiger partial charge in [0.1, 0.15) is 5.75 Å². The third-order valence-electron chi connectivity index (χ3n) is 2.77. The quantitative estimate of drug-likeness (QED) is 0.849. The van der Waals surface area contributed by atoms with E-state index in [0.717, 1.165) is 29.0 Å². The molecule has 0 spiro atoms. The lowest BCUT2D eigenvalue weighted by Crippen LogP contribution is -2.04. The number of rotatable bonds is 4. The Morgan fingerprint density at radius 3 is 2.72 bits per heavy atom. The normalized spacial score (nSPS) is 10.3. The molecule has 0 saturated heterocycles. The lowest BCUT2D eigenvalue weighted by atomic mass is 10.1. The minimum absolute atomic E-state index is 0.567. The van der Waals surface area contributed by atoms with E-state index in [4.69, 9.17) is 22.1 Å². The zero-order valence-corrected chi connectivity index (χ0v) is 11.1. The molecule has 2 aromatic carbocycles. The Labute approximate surface area is 112 Å². The summed E-state index contributed by atoms with van der Waals surface area (Å²) in [6.07, 6.45) is 0.775. The van der Waals surface area contributed by atoms with E-state index in [-0.39, 0.29) is 0 Å². The fourth-order valence-electron chi connectivity index (χ4n) is 1.75. The summed E-state index contributed by atoms with van der Waals surface area (Å²) in [5.41, 5.74) is 8.91. The molecule has 3 heteroatoms. The zero-order valence-electron chi connectivity index (χ0n) is 10.3. The third-order valence-corrected chi connectivity index (χ3v) is 3.08. The van der Waals surface area contributed by atoms with Crippen LogP contribution in [0.3, 0.4) is 0 Å². The third kappa shape index (κ3) is 3.17. The second kappa shape index (κ2) is 5.78. The Kier molecular flexibility index (Phi) is 4.11. The lowest BCUT2D eigenvalue weighted by Gasteiger charge is -2.10. The number of nitrogen functional groups attached to an aromatic ring is 1. The summed E-state index contributed by atoms with van der Waals surface area (Å²) in [5.74, 6) is 0.728. The van der Waals surface area contributed by atoms with Gasteiger partial charge in [0.2, 0.25) is 0 Å². The molecule has 2 N–H and O–H groups in total. The van der Waals surface area contributed by atoms with E-state index in [1.165, 1.54) is 0 Å². The van der Waals surface area contributed by atoms with Crippen molar-refractivity contribution >= 4 is 17.3 Å². The van der Waals surface area contributed by atoms with Gasteiger partial charge in [0, 0.05) is 12.1 Å². The number of halogens is 1. The van der Waals surface area contributed by atoms with Crippen LogP contribution in [-0.4, -0.2) is 6.61 Å². The number of ether oxygens (including phenoxy) is 1. The van der Waals surface area contributed by atoms with Crippen molar-refractivity contribution in [2.24, 2.45) is 0 Å². The Morgan fingerprint density at radius 1 is 1.17 bits per heavy atom. The van der Waals surface area contributed by atoms with Crippen LogP contribution < -0.4 is 10.5 Å². The van der Waals surface area contributed by atoms with Crippen LogP contribution >= 0.6 is 11.6 Å². The van der Waals surface area contributed by atoms with Crippen LogP contribution in [0, 0.1) is 6.92 Å². The van der Waals surface area contributed by atoms with Crippen molar-refractivity contribution in [3.8, 4) is 5.75 Å². The maximum absolute atomic E-state index is 6.06. The monoisotopic (exact) mass is 261 g/mol. The van der Waals surface area contributed by atoms with E-state index >= 15 is 0 Å². The molecule has 0 amide bonds. The van der Waals surface area contributed by atoms with Gasteiger partial charge in [0.05, 0.1) is 11.6 Å². The van der Waals surface area contributed by atoms with Crippen LogP contribution in [0.5, 0.6) is 5.75 Å². The topological polar surface area (TPSA) is 35.2 Å². The standard InChI is InChI=1S/C15H16ClNO/c1-11-6-7-13(16)15(10-11)18-9-8-12-4-2-3-5-14(12)17/h2-7,10H,8-9,17H2,1H3. The second-order valence-electron chi connectivity index (χ2n) is 4.23. The van der Waals surface area contributed by atoms with Gasteiger partial charge in [0.15, 0.2) is 0 Å². The van der Waals surface area contributed by atoms with Gasteiger partial charge < -0.3 is 10.5 Å². The minimum Gasteiger partial charge on any atom is -0.492 e. The lowest BCUT2D eigenvalue weighted by molar-refractivity contribution is 0.322. The van der Waals surface area contributed by atoms with Crippen LogP contribution in [-0.2, 0) is 6.42 Å². The Bertz CT molecular complexity index is 540. The number of hydrogen-bond donors (Lipinski definition) is 1. The van der Waals surface area contributed by atoms with Gasteiger partial charge >= 0.3 is 0 Å². The first-order valence-electron chi connectivity index (χ1n) is 5.89. The number of nitrogens with two attached hydrogens (primary N) is 1. The molecule has 0 radical (unpaired) electrons. The molecule has 0 aliphatic rings. The number of hydrogen-bond acceptors (Lipinski definition) is 2. The van der Waals surface area contributed by atoms with E-state index in [1.54, 1.807) is 0 Å². The molecule has 0 unspecified atom stereocenters. The minimum atomic E-state index is 0.567. The predicted octanol–water partition coefficient (Wildman–Crippen LogP) is 3.85. The predicted molar refractivity (Wildman–Crippen MR) is 76.2 cm³/mol. The molecule has 0 aliphatic carbocycles. The molecule has 0 atom stereocenters. The van der Waals surface area contributed by atoms with Crippen molar-refractivity contribution in [1.82, 2.24) is 0 Å². The summed E-state index contributed by atoms with van der Waals surface area (Å²) in [6, 6.07) is 13.6. The highest BCUT2D eigenvalue weighted by molar-refractivity contribution is 6.32. The van der Waals surface area contributed by atoms with Gasteiger partial charge in [-0.3, -0.25) is 0 Å². The van der Waals surface area contributed by atoms with Crippen molar-refractivity contribution in [3.05, 3.63) is 58.6 Å². The smallest absolute Gasteiger partial charge is 0.138 e. The summed E-state index contributed by atoms with van der Waals surface area (Å²) < 4.78 is 5.69. The van der Waals surface area contributed by atoms with E-state index in [1.807, 2.05) is 49.4 Å². The summed E-state index contributed by atoms with van der Waals surface area (Å²) in [6.45, 7) is 2.58. The van der Waals surface area contributed by atoms with Crippen LogP contribution in [0.2, 0.25) is 5.02 Å². The molecular weight excluding hydrogens is 246 g/mol. The number of aryl methyl sites for hydroxylation is 1. The highest BCUT2D eigenvalue weighted by atomic mass is 35.5. The molecule has 94 valence electrons. The van der Waals surface area contributed by atoms with E-state index in [9.17, 15) is 0 Å². The van der Waals surface area contributed by atoms with Crippen LogP contribution in [0.4, 0.5) is 5.69 Å². The van der Waals surface area contributed by atoms with Crippen molar-refractivity contribution in [3.63, 3.8) is 0 Å². The highest BCUT2D eigenvalue weighted by Crippen LogP contribution is 2.25.